The van der Waals surface area contributed by atoms with Gasteiger partial charge in [-0.3, -0.25) is 9.69 Å². The summed E-state index contributed by atoms with van der Waals surface area (Å²) in [6.45, 7) is 2.90. The van der Waals surface area contributed by atoms with Crippen molar-refractivity contribution in [2.45, 2.75) is 13.5 Å². The molecule has 0 radical (unpaired) electrons. The molecule has 0 aliphatic carbocycles. The van der Waals surface area contributed by atoms with Crippen molar-refractivity contribution in [1.82, 2.24) is 10.2 Å². The quantitative estimate of drug-likeness (QED) is 0.626. The number of carbonyl (C=O) groups excluding carboxylic acids is 1. The molecule has 0 saturated carbocycles. The first-order chi connectivity index (χ1) is 12.6. The van der Waals surface area contributed by atoms with Gasteiger partial charge in [0.15, 0.2) is 16.6 Å². The smallest absolute Gasteiger partial charge is 0.276 e. The lowest BCUT2D eigenvalue weighted by Gasteiger charge is -2.13. The highest BCUT2D eigenvalue weighted by Crippen LogP contribution is 2.30. The Balaban J connectivity index is 1.80. The van der Waals surface area contributed by atoms with E-state index in [2.05, 4.69) is 5.32 Å². The minimum absolute atomic E-state index is 0.155. The number of hydrogen-bond acceptors (Lipinski definition) is 4. The second-order valence-corrected chi connectivity index (χ2v) is 6.15. The van der Waals surface area contributed by atoms with Gasteiger partial charge in [0.2, 0.25) is 0 Å². The van der Waals surface area contributed by atoms with E-state index in [0.717, 1.165) is 11.1 Å². The molecule has 1 saturated heterocycles. The number of benzene rings is 2. The normalized spacial score (nSPS) is 15.3. The van der Waals surface area contributed by atoms with E-state index < -0.39 is 0 Å². The molecule has 0 spiro atoms. The molecule has 1 fully saturated rings. The predicted molar refractivity (Wildman–Crippen MR) is 105 cm³/mol. The molecule has 1 aliphatic heterocycles. The van der Waals surface area contributed by atoms with Crippen LogP contribution >= 0.6 is 12.2 Å². The fourth-order valence-electron chi connectivity index (χ4n) is 2.53. The van der Waals surface area contributed by atoms with Crippen LogP contribution in [0.4, 0.5) is 0 Å². The number of nitrogens with one attached hydrogen (secondary N) is 1. The summed E-state index contributed by atoms with van der Waals surface area (Å²) in [6, 6.07) is 15.5. The highest BCUT2D eigenvalue weighted by atomic mass is 32.1. The van der Waals surface area contributed by atoms with E-state index >= 15 is 0 Å². The number of hydrogen-bond donors (Lipinski definition) is 1. The van der Waals surface area contributed by atoms with Crippen LogP contribution in [0.1, 0.15) is 18.1 Å². The van der Waals surface area contributed by atoms with E-state index in [-0.39, 0.29) is 5.91 Å². The molecule has 1 N–H and O–H groups in total. The second kappa shape index (κ2) is 8.01. The van der Waals surface area contributed by atoms with Gasteiger partial charge in [-0.05, 0) is 48.5 Å². The van der Waals surface area contributed by atoms with Crippen molar-refractivity contribution < 1.29 is 14.3 Å². The number of thiocarbonyl (C=S) groups is 1. The fraction of sp³-hybridized carbons (Fsp3) is 0.200. The molecule has 0 atom stereocenters. The van der Waals surface area contributed by atoms with Crippen LogP contribution in [-0.4, -0.2) is 29.6 Å². The van der Waals surface area contributed by atoms with E-state index in [9.17, 15) is 4.79 Å². The third-order valence-corrected chi connectivity index (χ3v) is 4.27. The van der Waals surface area contributed by atoms with Crippen molar-refractivity contribution in [3.05, 3.63) is 65.4 Å². The van der Waals surface area contributed by atoms with Gasteiger partial charge in [0.05, 0.1) is 6.61 Å². The number of rotatable bonds is 6. The van der Waals surface area contributed by atoms with Crippen molar-refractivity contribution in [3.8, 4) is 11.5 Å². The van der Waals surface area contributed by atoms with Crippen LogP contribution in [0, 0.1) is 0 Å². The average molecular weight is 368 g/mol. The molecule has 3 rings (SSSR count). The zero-order chi connectivity index (χ0) is 18.5. The molecule has 0 bridgehead atoms. The lowest BCUT2D eigenvalue weighted by molar-refractivity contribution is -0.121. The van der Waals surface area contributed by atoms with E-state index in [1.54, 1.807) is 13.1 Å². The summed E-state index contributed by atoms with van der Waals surface area (Å²) >= 11 is 5.09. The molecule has 1 amide bonds. The molecule has 5 nitrogen and oxygen atoms in total. The Labute approximate surface area is 158 Å². The van der Waals surface area contributed by atoms with Gasteiger partial charge >= 0.3 is 0 Å². The summed E-state index contributed by atoms with van der Waals surface area (Å²) in [4.78, 5) is 13.5. The number of carbonyl (C=O) groups is 1. The van der Waals surface area contributed by atoms with Gasteiger partial charge in [0.25, 0.3) is 5.91 Å². The summed E-state index contributed by atoms with van der Waals surface area (Å²) in [5.74, 6) is 1.15. The van der Waals surface area contributed by atoms with Crippen LogP contribution in [0.15, 0.2) is 54.2 Å². The molecule has 1 aliphatic rings. The number of nitrogens with zero attached hydrogens (tertiary/aromatic N) is 1. The third-order valence-electron chi connectivity index (χ3n) is 3.90. The Morgan fingerprint density at radius 2 is 1.88 bits per heavy atom. The summed E-state index contributed by atoms with van der Waals surface area (Å²) in [5.41, 5.74) is 2.35. The minimum atomic E-state index is -0.155. The summed E-state index contributed by atoms with van der Waals surface area (Å²) in [5, 5.41) is 3.31. The maximum atomic E-state index is 12.1. The van der Waals surface area contributed by atoms with Crippen molar-refractivity contribution in [1.29, 1.82) is 0 Å². The lowest BCUT2D eigenvalue weighted by atomic mass is 10.1. The highest BCUT2D eigenvalue weighted by molar-refractivity contribution is 7.80. The van der Waals surface area contributed by atoms with Crippen LogP contribution in [0.2, 0.25) is 0 Å². The van der Waals surface area contributed by atoms with Crippen LogP contribution < -0.4 is 14.8 Å². The molecule has 134 valence electrons. The van der Waals surface area contributed by atoms with Gasteiger partial charge in [-0.15, -0.1) is 0 Å². The SMILES string of the molecule is CCOc1cc(C=C2NC(=S)N(C)C2=O)ccc1OCc1ccccc1. The molecule has 1 heterocycles. The predicted octanol–water partition coefficient (Wildman–Crippen LogP) is 3.35. The fourth-order valence-corrected chi connectivity index (χ4v) is 2.72. The van der Waals surface area contributed by atoms with E-state index in [1.807, 2.05) is 55.5 Å². The Morgan fingerprint density at radius 3 is 2.54 bits per heavy atom. The lowest BCUT2D eigenvalue weighted by Crippen LogP contribution is -2.25. The van der Waals surface area contributed by atoms with Gasteiger partial charge in [-0.25, -0.2) is 0 Å². The number of ether oxygens (including phenoxy) is 2. The second-order valence-electron chi connectivity index (χ2n) is 5.77. The molecule has 2 aromatic carbocycles. The number of amides is 1. The Bertz CT molecular complexity index is 849. The van der Waals surface area contributed by atoms with Crippen molar-refractivity contribution in [2.75, 3.05) is 13.7 Å². The van der Waals surface area contributed by atoms with Crippen molar-refractivity contribution in [3.63, 3.8) is 0 Å². The standard InChI is InChI=1S/C20H20N2O3S/c1-3-24-18-12-15(11-16-19(23)22(2)20(26)21-16)9-10-17(18)25-13-14-7-5-4-6-8-14/h4-12H,3,13H2,1-2H3,(H,21,26). The van der Waals surface area contributed by atoms with Crippen molar-refractivity contribution in [2.24, 2.45) is 0 Å². The van der Waals surface area contributed by atoms with Crippen molar-refractivity contribution >= 4 is 29.3 Å². The number of likely N-dealkylation sites (N-methyl/N-ethyl adjacent to an activating group) is 1. The minimum Gasteiger partial charge on any atom is -0.490 e. The van der Waals surface area contributed by atoms with Crippen LogP contribution in [0.3, 0.4) is 0 Å². The van der Waals surface area contributed by atoms with Gasteiger partial charge in [0.1, 0.15) is 12.3 Å². The molecular formula is C20H20N2O3S. The maximum Gasteiger partial charge on any atom is 0.276 e. The molecule has 2 aromatic rings. The monoisotopic (exact) mass is 368 g/mol. The molecule has 6 heteroatoms. The maximum absolute atomic E-state index is 12.1. The largest absolute Gasteiger partial charge is 0.490 e. The van der Waals surface area contributed by atoms with E-state index in [1.165, 1.54) is 4.90 Å². The van der Waals surface area contributed by atoms with Crippen LogP contribution in [0.5, 0.6) is 11.5 Å². The molecule has 26 heavy (non-hydrogen) atoms. The van der Waals surface area contributed by atoms with Gasteiger partial charge in [0, 0.05) is 7.05 Å². The van der Waals surface area contributed by atoms with Gasteiger partial charge < -0.3 is 14.8 Å². The summed E-state index contributed by atoms with van der Waals surface area (Å²) < 4.78 is 11.6. The zero-order valence-electron chi connectivity index (χ0n) is 14.7. The Morgan fingerprint density at radius 1 is 1.12 bits per heavy atom. The van der Waals surface area contributed by atoms with Crippen LogP contribution in [0.25, 0.3) is 6.08 Å². The first kappa shape index (κ1) is 17.9. The van der Waals surface area contributed by atoms with Gasteiger partial charge in [-0.1, -0.05) is 36.4 Å². The topological polar surface area (TPSA) is 50.8 Å². The van der Waals surface area contributed by atoms with Gasteiger partial charge in [-0.2, -0.15) is 0 Å². The summed E-state index contributed by atoms with van der Waals surface area (Å²) in [6.07, 6.45) is 1.75. The molecule has 0 aromatic heterocycles. The summed E-state index contributed by atoms with van der Waals surface area (Å²) in [7, 11) is 1.64. The van der Waals surface area contributed by atoms with E-state index in [4.69, 9.17) is 21.7 Å². The molecule has 0 unspecified atom stereocenters. The Hall–Kier alpha value is -2.86. The third kappa shape index (κ3) is 4.03. The first-order valence-corrected chi connectivity index (χ1v) is 8.73. The van der Waals surface area contributed by atoms with Crippen LogP contribution in [-0.2, 0) is 11.4 Å². The average Bonchev–Trinajstić information content (AvgIpc) is 2.89. The zero-order valence-corrected chi connectivity index (χ0v) is 15.5. The highest BCUT2D eigenvalue weighted by Gasteiger charge is 2.26. The molecular weight excluding hydrogens is 348 g/mol. The Kier molecular flexibility index (Phi) is 5.53. The first-order valence-electron chi connectivity index (χ1n) is 8.33. The van der Waals surface area contributed by atoms with E-state index in [0.29, 0.717) is 35.5 Å².